The lowest BCUT2D eigenvalue weighted by Crippen LogP contribution is -2.03. The van der Waals surface area contributed by atoms with Crippen LogP contribution in [0.3, 0.4) is 0 Å². The lowest BCUT2D eigenvalue weighted by atomic mass is 10.3. The highest BCUT2D eigenvalue weighted by Crippen LogP contribution is 2.18. The van der Waals surface area contributed by atoms with E-state index in [0.717, 1.165) is 18.1 Å². The lowest BCUT2D eigenvalue weighted by Gasteiger charge is -2.08. The Kier molecular flexibility index (Phi) is 5.50. The van der Waals surface area contributed by atoms with E-state index in [1.807, 2.05) is 19.2 Å². The highest BCUT2D eigenvalue weighted by atomic mass is 32.2. The summed E-state index contributed by atoms with van der Waals surface area (Å²) < 4.78 is 0. The maximum Gasteiger partial charge on any atom is 0.126 e. The maximum atomic E-state index is 8.91. The zero-order valence-electron chi connectivity index (χ0n) is 9.23. The number of thioether (sulfide) groups is 1. The molecule has 0 saturated carbocycles. The SMILES string of the molecule is CCNc1cc(CSC(C)CO)ccn1. The van der Waals surface area contributed by atoms with Gasteiger partial charge in [-0.15, -0.1) is 0 Å². The first-order valence-corrected chi connectivity index (χ1v) is 6.22. The molecule has 4 heteroatoms. The van der Waals surface area contributed by atoms with Gasteiger partial charge >= 0.3 is 0 Å². The molecule has 0 bridgehead atoms. The van der Waals surface area contributed by atoms with Gasteiger partial charge in [0, 0.05) is 23.7 Å². The molecule has 0 aliphatic rings. The van der Waals surface area contributed by atoms with Crippen molar-refractivity contribution in [3.05, 3.63) is 23.9 Å². The van der Waals surface area contributed by atoms with Crippen LogP contribution in [0.4, 0.5) is 5.82 Å². The summed E-state index contributed by atoms with van der Waals surface area (Å²) in [6, 6.07) is 4.07. The van der Waals surface area contributed by atoms with Gasteiger partial charge in [0.2, 0.25) is 0 Å². The largest absolute Gasteiger partial charge is 0.395 e. The fraction of sp³-hybridized carbons (Fsp3) is 0.545. The minimum absolute atomic E-state index is 0.232. The molecule has 3 nitrogen and oxygen atoms in total. The fourth-order valence-corrected chi connectivity index (χ4v) is 1.89. The average molecular weight is 226 g/mol. The van der Waals surface area contributed by atoms with Gasteiger partial charge in [0.05, 0.1) is 6.61 Å². The Hall–Kier alpha value is -0.740. The second-order valence-corrected chi connectivity index (χ2v) is 4.81. The summed E-state index contributed by atoms with van der Waals surface area (Å²) in [4.78, 5) is 4.21. The molecule has 0 amide bonds. The number of hydrogen-bond acceptors (Lipinski definition) is 4. The molecular weight excluding hydrogens is 208 g/mol. The van der Waals surface area contributed by atoms with Crippen LogP contribution in [0.15, 0.2) is 18.3 Å². The van der Waals surface area contributed by atoms with Gasteiger partial charge in [-0.25, -0.2) is 4.98 Å². The average Bonchev–Trinajstić information content (AvgIpc) is 2.27. The maximum absolute atomic E-state index is 8.91. The predicted molar refractivity (Wildman–Crippen MR) is 66.2 cm³/mol. The summed E-state index contributed by atoms with van der Waals surface area (Å²) in [5, 5.41) is 12.4. The van der Waals surface area contributed by atoms with Gasteiger partial charge in [0.15, 0.2) is 0 Å². The second kappa shape index (κ2) is 6.69. The van der Waals surface area contributed by atoms with Crippen molar-refractivity contribution in [2.75, 3.05) is 18.5 Å². The third-order valence-electron chi connectivity index (χ3n) is 1.97. The molecule has 0 radical (unpaired) electrons. The smallest absolute Gasteiger partial charge is 0.126 e. The molecular formula is C11H18N2OS. The van der Waals surface area contributed by atoms with E-state index in [1.54, 1.807) is 11.8 Å². The van der Waals surface area contributed by atoms with E-state index in [1.165, 1.54) is 5.56 Å². The zero-order valence-corrected chi connectivity index (χ0v) is 10.0. The Balaban J connectivity index is 2.50. The minimum atomic E-state index is 0.232. The van der Waals surface area contributed by atoms with Crippen LogP contribution in [0.1, 0.15) is 19.4 Å². The van der Waals surface area contributed by atoms with Gasteiger partial charge in [0.1, 0.15) is 5.82 Å². The van der Waals surface area contributed by atoms with Gasteiger partial charge in [-0.2, -0.15) is 11.8 Å². The number of hydrogen-bond donors (Lipinski definition) is 2. The van der Waals surface area contributed by atoms with Gasteiger partial charge in [-0.3, -0.25) is 0 Å². The second-order valence-electron chi connectivity index (χ2n) is 3.38. The highest BCUT2D eigenvalue weighted by Gasteiger charge is 2.02. The molecule has 2 N–H and O–H groups in total. The molecule has 0 saturated heterocycles. The van der Waals surface area contributed by atoms with Crippen molar-refractivity contribution in [1.82, 2.24) is 4.98 Å². The number of anilines is 1. The van der Waals surface area contributed by atoms with Crippen LogP contribution in [0.5, 0.6) is 0 Å². The lowest BCUT2D eigenvalue weighted by molar-refractivity contribution is 0.300. The van der Waals surface area contributed by atoms with E-state index in [4.69, 9.17) is 5.11 Å². The Morgan fingerprint density at radius 1 is 1.60 bits per heavy atom. The van der Waals surface area contributed by atoms with Crippen molar-refractivity contribution < 1.29 is 5.11 Å². The van der Waals surface area contributed by atoms with Gasteiger partial charge in [-0.1, -0.05) is 6.92 Å². The molecule has 0 aliphatic carbocycles. The number of nitrogens with zero attached hydrogens (tertiary/aromatic N) is 1. The fourth-order valence-electron chi connectivity index (χ4n) is 1.13. The molecule has 1 atom stereocenters. The van der Waals surface area contributed by atoms with Crippen LogP contribution in [0.25, 0.3) is 0 Å². The number of aliphatic hydroxyl groups excluding tert-OH is 1. The summed E-state index contributed by atoms with van der Waals surface area (Å²) >= 11 is 1.75. The number of aliphatic hydroxyl groups is 1. The van der Waals surface area contributed by atoms with E-state index >= 15 is 0 Å². The highest BCUT2D eigenvalue weighted by molar-refractivity contribution is 7.99. The summed E-state index contributed by atoms with van der Waals surface area (Å²) in [5.74, 6) is 1.84. The Morgan fingerprint density at radius 3 is 3.07 bits per heavy atom. The molecule has 0 spiro atoms. The summed E-state index contributed by atoms with van der Waals surface area (Å²) in [5.41, 5.74) is 1.24. The molecule has 0 fully saturated rings. The normalized spacial score (nSPS) is 12.5. The molecule has 84 valence electrons. The predicted octanol–water partition coefficient (Wildman–Crippen LogP) is 2.13. The van der Waals surface area contributed by atoms with Crippen molar-refractivity contribution in [1.29, 1.82) is 0 Å². The number of nitrogens with one attached hydrogen (secondary N) is 1. The molecule has 1 heterocycles. The van der Waals surface area contributed by atoms with Crippen LogP contribution < -0.4 is 5.32 Å². The van der Waals surface area contributed by atoms with E-state index in [9.17, 15) is 0 Å². The Labute approximate surface area is 95.3 Å². The third kappa shape index (κ3) is 4.53. The van der Waals surface area contributed by atoms with Crippen LogP contribution >= 0.6 is 11.8 Å². The molecule has 0 aliphatic heterocycles. The quantitative estimate of drug-likeness (QED) is 0.780. The Bertz CT molecular complexity index is 294. The molecule has 0 aromatic carbocycles. The first-order chi connectivity index (χ1) is 7.26. The number of aromatic nitrogens is 1. The topological polar surface area (TPSA) is 45.1 Å². The molecule has 1 aromatic rings. The van der Waals surface area contributed by atoms with Crippen LogP contribution in [-0.2, 0) is 5.75 Å². The van der Waals surface area contributed by atoms with Gasteiger partial charge in [-0.05, 0) is 24.6 Å². The van der Waals surface area contributed by atoms with Crippen LogP contribution in [0, 0.1) is 0 Å². The first kappa shape index (κ1) is 12.3. The number of rotatable bonds is 6. The van der Waals surface area contributed by atoms with E-state index in [-0.39, 0.29) is 6.61 Å². The van der Waals surface area contributed by atoms with Crippen molar-refractivity contribution in [2.24, 2.45) is 0 Å². The van der Waals surface area contributed by atoms with Crippen molar-refractivity contribution in [3.8, 4) is 0 Å². The van der Waals surface area contributed by atoms with E-state index in [0.29, 0.717) is 5.25 Å². The van der Waals surface area contributed by atoms with Gasteiger partial charge < -0.3 is 10.4 Å². The van der Waals surface area contributed by atoms with Crippen LogP contribution in [0.2, 0.25) is 0 Å². The molecule has 15 heavy (non-hydrogen) atoms. The molecule has 1 rings (SSSR count). The first-order valence-electron chi connectivity index (χ1n) is 5.17. The van der Waals surface area contributed by atoms with E-state index < -0.39 is 0 Å². The zero-order chi connectivity index (χ0) is 11.1. The summed E-state index contributed by atoms with van der Waals surface area (Å²) in [7, 11) is 0. The van der Waals surface area contributed by atoms with Crippen molar-refractivity contribution >= 4 is 17.6 Å². The Morgan fingerprint density at radius 2 is 2.40 bits per heavy atom. The third-order valence-corrected chi connectivity index (χ3v) is 3.19. The van der Waals surface area contributed by atoms with Crippen molar-refractivity contribution in [3.63, 3.8) is 0 Å². The minimum Gasteiger partial charge on any atom is -0.395 e. The standard InChI is InChI=1S/C11H18N2OS/c1-3-12-11-6-10(4-5-13-11)8-15-9(2)7-14/h4-6,9,14H,3,7-8H2,1-2H3,(H,12,13). The number of pyridine rings is 1. The van der Waals surface area contributed by atoms with E-state index in [2.05, 4.69) is 23.3 Å². The van der Waals surface area contributed by atoms with Gasteiger partial charge in [0.25, 0.3) is 0 Å². The molecule has 1 unspecified atom stereocenters. The summed E-state index contributed by atoms with van der Waals surface area (Å²) in [6.07, 6.45) is 1.82. The summed E-state index contributed by atoms with van der Waals surface area (Å²) in [6.45, 7) is 5.19. The van der Waals surface area contributed by atoms with Crippen molar-refractivity contribution in [2.45, 2.75) is 24.9 Å². The molecule has 1 aromatic heterocycles. The van der Waals surface area contributed by atoms with Crippen LogP contribution in [-0.4, -0.2) is 28.5 Å². The monoisotopic (exact) mass is 226 g/mol.